The summed E-state index contributed by atoms with van der Waals surface area (Å²) in [7, 11) is 0. The second-order valence-corrected chi connectivity index (χ2v) is 8.28. The quantitative estimate of drug-likeness (QED) is 0.393. The van der Waals surface area contributed by atoms with Gasteiger partial charge in [-0.2, -0.15) is 4.99 Å². The van der Waals surface area contributed by atoms with Gasteiger partial charge in [-0.1, -0.05) is 38.7 Å². The van der Waals surface area contributed by atoms with E-state index in [0.717, 1.165) is 23.3 Å². The zero-order chi connectivity index (χ0) is 17.6. The van der Waals surface area contributed by atoms with Crippen LogP contribution < -0.4 is 0 Å². The van der Waals surface area contributed by atoms with Gasteiger partial charge in [0.1, 0.15) is 11.5 Å². The Bertz CT molecular complexity index is 606. The summed E-state index contributed by atoms with van der Waals surface area (Å²) in [5.74, 6) is 3.08. The number of benzene rings is 1. The Hall–Kier alpha value is -1.05. The Labute approximate surface area is 157 Å². The molecule has 0 bridgehead atoms. The molecule has 0 unspecified atom stereocenters. The number of nitrogens with zero attached hydrogens (tertiary/aromatic N) is 1. The first-order chi connectivity index (χ1) is 12.2. The van der Waals surface area contributed by atoms with Gasteiger partial charge < -0.3 is 0 Å². The molecule has 3 heteroatoms. The highest BCUT2D eigenvalue weighted by Crippen LogP contribution is 2.44. The van der Waals surface area contributed by atoms with Crippen LogP contribution in [0.5, 0.6) is 0 Å². The minimum Gasteiger partial charge on any atom is -0.205 e. The molecular weight excluding hydrogens is 329 g/mol. The van der Waals surface area contributed by atoms with Crippen LogP contribution in [0.4, 0.5) is 10.1 Å². The van der Waals surface area contributed by atoms with Crippen molar-refractivity contribution in [1.82, 2.24) is 0 Å². The molecule has 1 nitrogen and oxygen atoms in total. The molecule has 0 saturated heterocycles. The van der Waals surface area contributed by atoms with Gasteiger partial charge in [0.2, 0.25) is 0 Å². The molecule has 3 rings (SSSR count). The van der Waals surface area contributed by atoms with Gasteiger partial charge in [0.15, 0.2) is 0 Å². The summed E-state index contributed by atoms with van der Waals surface area (Å²) in [6.07, 6.45) is 13.6. The largest absolute Gasteiger partial charge is 0.205 e. The average Bonchev–Trinajstić information content (AvgIpc) is 2.65. The van der Waals surface area contributed by atoms with Gasteiger partial charge in [-0.05, 0) is 92.1 Å². The summed E-state index contributed by atoms with van der Waals surface area (Å²) in [6, 6.07) is 5.42. The number of isothiocyanates is 1. The Morgan fingerprint density at radius 1 is 1.04 bits per heavy atom. The highest BCUT2D eigenvalue weighted by molar-refractivity contribution is 7.78. The van der Waals surface area contributed by atoms with E-state index in [9.17, 15) is 4.39 Å². The highest BCUT2D eigenvalue weighted by Gasteiger charge is 2.31. The van der Waals surface area contributed by atoms with E-state index in [-0.39, 0.29) is 5.82 Å². The van der Waals surface area contributed by atoms with Crippen molar-refractivity contribution in [2.24, 2.45) is 22.7 Å². The van der Waals surface area contributed by atoms with Crippen LogP contribution in [-0.2, 0) is 0 Å². The van der Waals surface area contributed by atoms with Crippen LogP contribution in [0.1, 0.15) is 82.6 Å². The summed E-state index contributed by atoms with van der Waals surface area (Å²) in [5, 5.41) is 2.25. The van der Waals surface area contributed by atoms with Crippen molar-refractivity contribution >= 4 is 23.1 Å². The fraction of sp³-hybridized carbons (Fsp3) is 0.682. The minimum absolute atomic E-state index is 0.272. The lowest BCUT2D eigenvalue weighted by Gasteiger charge is -2.38. The molecule has 2 aliphatic rings. The molecule has 2 saturated carbocycles. The zero-order valence-electron chi connectivity index (χ0n) is 15.3. The monoisotopic (exact) mass is 359 g/mol. The summed E-state index contributed by atoms with van der Waals surface area (Å²) in [5.41, 5.74) is 1.43. The Morgan fingerprint density at radius 3 is 2.24 bits per heavy atom. The van der Waals surface area contributed by atoms with Crippen LogP contribution in [0, 0.1) is 23.6 Å². The van der Waals surface area contributed by atoms with E-state index >= 15 is 0 Å². The molecule has 2 aliphatic carbocycles. The third-order valence-electron chi connectivity index (χ3n) is 6.64. The third kappa shape index (κ3) is 4.77. The van der Waals surface area contributed by atoms with E-state index in [1.54, 1.807) is 12.1 Å². The number of thiocarbonyl (C=S) groups is 1. The molecule has 1 aromatic carbocycles. The fourth-order valence-electron chi connectivity index (χ4n) is 5.20. The van der Waals surface area contributed by atoms with E-state index in [4.69, 9.17) is 0 Å². The fourth-order valence-corrected chi connectivity index (χ4v) is 5.30. The maximum Gasteiger partial charge on any atom is 0.149 e. The van der Waals surface area contributed by atoms with E-state index in [1.807, 2.05) is 6.07 Å². The number of aliphatic imine (C=N–C) groups is 1. The van der Waals surface area contributed by atoms with Gasteiger partial charge in [0, 0.05) is 0 Å². The van der Waals surface area contributed by atoms with Crippen LogP contribution >= 0.6 is 12.2 Å². The molecule has 0 atom stereocenters. The maximum atomic E-state index is 14.1. The van der Waals surface area contributed by atoms with Crippen LogP contribution in [0.25, 0.3) is 0 Å². The number of rotatable bonds is 5. The van der Waals surface area contributed by atoms with Crippen molar-refractivity contribution in [2.45, 2.75) is 77.0 Å². The predicted octanol–water partition coefficient (Wildman–Crippen LogP) is 7.44. The van der Waals surface area contributed by atoms with E-state index < -0.39 is 0 Å². The van der Waals surface area contributed by atoms with Gasteiger partial charge in [-0.25, -0.2) is 4.39 Å². The molecule has 1 aromatic rings. The van der Waals surface area contributed by atoms with E-state index in [1.165, 1.54) is 64.2 Å². The van der Waals surface area contributed by atoms with Gasteiger partial charge in [-0.3, -0.25) is 0 Å². The summed E-state index contributed by atoms with van der Waals surface area (Å²) < 4.78 is 14.1. The lowest BCUT2D eigenvalue weighted by atomic mass is 9.68. The summed E-state index contributed by atoms with van der Waals surface area (Å²) in [4.78, 5) is 3.77. The van der Waals surface area contributed by atoms with Gasteiger partial charge in [0.25, 0.3) is 0 Å². The normalized spacial score (nSPS) is 29.8. The Kier molecular flexibility index (Phi) is 6.78. The molecule has 0 aromatic heterocycles. The first-order valence-electron chi connectivity index (χ1n) is 10.1. The second kappa shape index (κ2) is 9.05. The van der Waals surface area contributed by atoms with Gasteiger partial charge >= 0.3 is 0 Å². The molecule has 0 amide bonds. The number of hydrogen-bond donors (Lipinski definition) is 0. The molecule has 0 aliphatic heterocycles. The van der Waals surface area contributed by atoms with Crippen molar-refractivity contribution in [1.29, 1.82) is 0 Å². The summed E-state index contributed by atoms with van der Waals surface area (Å²) >= 11 is 4.57. The average molecular weight is 360 g/mol. The first kappa shape index (κ1) is 18.7. The molecule has 25 heavy (non-hydrogen) atoms. The molecule has 0 spiro atoms. The second-order valence-electron chi connectivity index (χ2n) is 8.10. The number of halogens is 1. The number of hydrogen-bond acceptors (Lipinski definition) is 2. The van der Waals surface area contributed by atoms with Crippen LogP contribution in [-0.4, -0.2) is 5.16 Å². The SMILES string of the molecule is CCCC1CCC(C2CCC(c3ccc(N=C=S)c(F)c3)CC2)CC1. The molecule has 0 heterocycles. The zero-order valence-corrected chi connectivity index (χ0v) is 16.2. The van der Waals surface area contributed by atoms with Crippen molar-refractivity contribution < 1.29 is 4.39 Å². The maximum absolute atomic E-state index is 14.1. The van der Waals surface area contributed by atoms with Crippen molar-refractivity contribution in [3.05, 3.63) is 29.6 Å². The van der Waals surface area contributed by atoms with Crippen LogP contribution in [0.15, 0.2) is 23.2 Å². The predicted molar refractivity (Wildman–Crippen MR) is 106 cm³/mol. The molecule has 136 valence electrons. The standard InChI is InChI=1S/C22H30FNS/c1-2-3-16-4-6-17(7-5-16)18-8-10-19(11-9-18)20-12-13-22(24-15-25)21(23)14-20/h12-14,16-19H,2-11H2,1H3. The van der Waals surface area contributed by atoms with E-state index in [2.05, 4.69) is 29.3 Å². The van der Waals surface area contributed by atoms with Crippen LogP contribution in [0.3, 0.4) is 0 Å². The summed E-state index contributed by atoms with van der Waals surface area (Å²) in [6.45, 7) is 2.31. The van der Waals surface area contributed by atoms with Crippen molar-refractivity contribution in [3.8, 4) is 0 Å². The first-order valence-corrected chi connectivity index (χ1v) is 10.5. The molecule has 0 N–H and O–H groups in total. The van der Waals surface area contributed by atoms with Crippen molar-refractivity contribution in [2.75, 3.05) is 0 Å². The smallest absolute Gasteiger partial charge is 0.149 e. The highest BCUT2D eigenvalue weighted by atomic mass is 32.1. The third-order valence-corrected chi connectivity index (χ3v) is 6.73. The lowest BCUT2D eigenvalue weighted by Crippen LogP contribution is -2.25. The Morgan fingerprint density at radius 2 is 1.68 bits per heavy atom. The molecule has 2 fully saturated rings. The minimum atomic E-state index is -0.272. The van der Waals surface area contributed by atoms with Crippen LogP contribution in [0.2, 0.25) is 0 Å². The lowest BCUT2D eigenvalue weighted by molar-refractivity contribution is 0.156. The topological polar surface area (TPSA) is 12.4 Å². The van der Waals surface area contributed by atoms with E-state index in [0.29, 0.717) is 11.6 Å². The van der Waals surface area contributed by atoms with Crippen molar-refractivity contribution in [3.63, 3.8) is 0 Å². The Balaban J connectivity index is 1.52. The van der Waals surface area contributed by atoms with Gasteiger partial charge in [-0.15, -0.1) is 0 Å². The van der Waals surface area contributed by atoms with Gasteiger partial charge in [0.05, 0.1) is 5.16 Å². The molecular formula is C22H30FNS. The molecule has 0 radical (unpaired) electrons.